The summed E-state index contributed by atoms with van der Waals surface area (Å²) in [6.45, 7) is 8.39. The summed E-state index contributed by atoms with van der Waals surface area (Å²) in [7, 11) is 1.33. The maximum atomic E-state index is 12.8. The summed E-state index contributed by atoms with van der Waals surface area (Å²) < 4.78 is 40.7. The topological polar surface area (TPSA) is 182 Å². The minimum absolute atomic E-state index is 0.0126. The van der Waals surface area contributed by atoms with Crippen molar-refractivity contribution in [2.45, 2.75) is 213 Å². The quantitative estimate of drug-likeness (QED) is 0.0161. The Bertz CT molecular complexity index is 1570. The highest BCUT2D eigenvalue weighted by atomic mass is 31.2. The molecule has 7 atom stereocenters. The highest BCUT2D eigenvalue weighted by molar-refractivity contribution is 7.47. The maximum Gasteiger partial charge on any atom is 0.472 e. The first-order valence-corrected chi connectivity index (χ1v) is 27.2. The molecule has 1 unspecified atom stereocenters. The number of aryl methyl sites for hydroxylation is 2. The van der Waals surface area contributed by atoms with E-state index in [0.29, 0.717) is 49.6 Å². The number of phosphoric ester groups is 1. The Morgan fingerprint density at radius 1 is 0.758 bits per heavy atom. The van der Waals surface area contributed by atoms with Crippen LogP contribution < -0.4 is 0 Å². The van der Waals surface area contributed by atoms with E-state index in [0.717, 1.165) is 57.8 Å². The van der Waals surface area contributed by atoms with Crippen LogP contribution >= 0.6 is 7.82 Å². The van der Waals surface area contributed by atoms with Gasteiger partial charge in [-0.2, -0.15) is 0 Å². The monoisotopic (exact) mass is 955 g/mol. The van der Waals surface area contributed by atoms with Crippen LogP contribution in [0.2, 0.25) is 0 Å². The standard InChI is InChI=1S/C52H92NO12P/c1-8-10-22-28-43(54)34-35-46-45(47(55)38-48(46)56)29-24-20-21-26-32-51(57)61-39-44(40-63-66(59,60)62-37-36-53(5,6)7)64-52(58)33-27-19-17-15-13-12-14-16-18-25-31-50-42(4)41(3)49(65-50)30-23-11-9-2/h20,24,34-35,43-48,54-56H,8-19,21-23,25-33,36-40H2,1-7H3/p+1/b24-20+,35-34+/t43-,44+,45+,46+,47-,48+/m0/s1. The molecule has 14 heteroatoms. The third kappa shape index (κ3) is 27.0. The number of furan rings is 1. The first-order chi connectivity index (χ1) is 31.5. The number of hydrogen-bond donors (Lipinski definition) is 4. The Hall–Kier alpha value is -2.35. The van der Waals surface area contributed by atoms with E-state index in [1.807, 2.05) is 39.4 Å². The fourth-order valence-corrected chi connectivity index (χ4v) is 9.11. The van der Waals surface area contributed by atoms with Crippen molar-refractivity contribution in [1.29, 1.82) is 0 Å². The summed E-state index contributed by atoms with van der Waals surface area (Å²) in [6, 6.07) is 0. The van der Waals surface area contributed by atoms with Gasteiger partial charge in [0.25, 0.3) is 0 Å². The van der Waals surface area contributed by atoms with Crippen molar-refractivity contribution in [3.8, 4) is 0 Å². The molecule has 0 aromatic carbocycles. The van der Waals surface area contributed by atoms with E-state index in [1.165, 1.54) is 74.0 Å². The van der Waals surface area contributed by atoms with Crippen LogP contribution in [-0.2, 0) is 45.5 Å². The van der Waals surface area contributed by atoms with Gasteiger partial charge in [0.05, 0.1) is 46.1 Å². The van der Waals surface area contributed by atoms with Crippen molar-refractivity contribution in [3.05, 3.63) is 47.0 Å². The lowest BCUT2D eigenvalue weighted by Gasteiger charge is -2.24. The molecule has 0 amide bonds. The summed E-state index contributed by atoms with van der Waals surface area (Å²) >= 11 is 0. The number of nitrogens with zero attached hydrogens (tertiary/aromatic N) is 1. The van der Waals surface area contributed by atoms with Gasteiger partial charge in [0.2, 0.25) is 0 Å². The van der Waals surface area contributed by atoms with Gasteiger partial charge in [-0.05, 0) is 75.8 Å². The van der Waals surface area contributed by atoms with E-state index >= 15 is 0 Å². The van der Waals surface area contributed by atoms with Gasteiger partial charge in [-0.3, -0.25) is 18.6 Å². The lowest BCUT2D eigenvalue weighted by Crippen LogP contribution is -2.37. The zero-order valence-electron chi connectivity index (χ0n) is 42.2. The summed E-state index contributed by atoms with van der Waals surface area (Å²) in [5, 5.41) is 31.4. The Kier molecular flexibility index (Phi) is 30.8. The van der Waals surface area contributed by atoms with Crippen molar-refractivity contribution in [3.63, 3.8) is 0 Å². The molecule has 382 valence electrons. The van der Waals surface area contributed by atoms with Gasteiger partial charge in [-0.25, -0.2) is 4.57 Å². The van der Waals surface area contributed by atoms with E-state index < -0.39 is 50.8 Å². The number of allylic oxidation sites excluding steroid dienone is 2. The zero-order valence-corrected chi connectivity index (χ0v) is 43.1. The summed E-state index contributed by atoms with van der Waals surface area (Å²) in [5.74, 6) is 0.943. The Morgan fingerprint density at radius 3 is 1.95 bits per heavy atom. The fraction of sp³-hybridized carbons (Fsp3) is 0.808. The predicted molar refractivity (Wildman–Crippen MR) is 262 cm³/mol. The molecule has 66 heavy (non-hydrogen) atoms. The average molecular weight is 955 g/mol. The van der Waals surface area contributed by atoms with Crippen molar-refractivity contribution >= 4 is 19.8 Å². The maximum absolute atomic E-state index is 12.8. The van der Waals surface area contributed by atoms with Gasteiger partial charge in [0.1, 0.15) is 31.3 Å². The molecule has 1 heterocycles. The largest absolute Gasteiger partial charge is 0.472 e. The van der Waals surface area contributed by atoms with Crippen molar-refractivity contribution < 1.29 is 61.8 Å². The van der Waals surface area contributed by atoms with Gasteiger partial charge >= 0.3 is 19.8 Å². The van der Waals surface area contributed by atoms with Crippen LogP contribution in [0.25, 0.3) is 0 Å². The normalized spacial score (nSPS) is 19.7. The lowest BCUT2D eigenvalue weighted by atomic mass is 9.89. The number of esters is 2. The van der Waals surface area contributed by atoms with E-state index in [2.05, 4.69) is 27.7 Å². The second-order valence-electron chi connectivity index (χ2n) is 19.8. The van der Waals surface area contributed by atoms with Crippen LogP contribution in [0.5, 0.6) is 0 Å². The lowest BCUT2D eigenvalue weighted by molar-refractivity contribution is -0.870. The number of quaternary nitrogens is 1. The van der Waals surface area contributed by atoms with Crippen LogP contribution in [0, 0.1) is 25.7 Å². The Morgan fingerprint density at radius 2 is 1.33 bits per heavy atom. The minimum atomic E-state index is -4.45. The van der Waals surface area contributed by atoms with Crippen molar-refractivity contribution in [1.82, 2.24) is 0 Å². The molecule has 1 saturated carbocycles. The molecule has 1 aromatic rings. The number of rotatable bonds is 39. The minimum Gasteiger partial charge on any atom is -0.466 e. The molecule has 0 spiro atoms. The summed E-state index contributed by atoms with van der Waals surface area (Å²) in [6.07, 6.45) is 27.1. The third-order valence-electron chi connectivity index (χ3n) is 12.8. The SMILES string of the molecule is CCCCCc1oc(CCCCCCCCCCCCC(=O)O[C@H](COC(=O)CCC/C=C/C[C@@H]2[C@@H](/C=C/[C@@H](O)CCCCC)[C@H](O)C[C@@H]2O)COP(=O)(O)OCC[N+](C)(C)C)c(C)c1C. The van der Waals surface area contributed by atoms with Gasteiger partial charge in [-0.1, -0.05) is 122 Å². The molecule has 1 aromatic heterocycles. The fourth-order valence-electron chi connectivity index (χ4n) is 8.36. The molecule has 13 nitrogen and oxygen atoms in total. The molecule has 4 N–H and O–H groups in total. The van der Waals surface area contributed by atoms with E-state index in [9.17, 15) is 34.4 Å². The molecule has 2 rings (SSSR count). The molecule has 0 aliphatic heterocycles. The van der Waals surface area contributed by atoms with Crippen LogP contribution in [0.15, 0.2) is 28.7 Å². The summed E-state index contributed by atoms with van der Waals surface area (Å²) in [5.41, 5.74) is 2.67. The van der Waals surface area contributed by atoms with Gasteiger partial charge < -0.3 is 38.6 Å². The van der Waals surface area contributed by atoms with Crippen LogP contribution in [0.3, 0.4) is 0 Å². The van der Waals surface area contributed by atoms with Crippen LogP contribution in [0.1, 0.15) is 184 Å². The number of hydrogen-bond acceptors (Lipinski definition) is 11. The second kappa shape index (κ2) is 34.0. The smallest absolute Gasteiger partial charge is 0.466 e. The predicted octanol–water partition coefficient (Wildman–Crippen LogP) is 10.7. The Labute approximate surface area is 399 Å². The van der Waals surface area contributed by atoms with E-state index in [-0.39, 0.29) is 37.9 Å². The van der Waals surface area contributed by atoms with Crippen molar-refractivity contribution in [2.75, 3.05) is 47.5 Å². The van der Waals surface area contributed by atoms with E-state index in [1.54, 1.807) is 6.08 Å². The van der Waals surface area contributed by atoms with E-state index in [4.69, 9.17) is 22.9 Å². The molecule has 0 radical (unpaired) electrons. The highest BCUT2D eigenvalue weighted by Crippen LogP contribution is 2.43. The molecular formula is C52H93NO12P+. The third-order valence-corrected chi connectivity index (χ3v) is 13.7. The highest BCUT2D eigenvalue weighted by Gasteiger charge is 2.39. The van der Waals surface area contributed by atoms with Crippen molar-refractivity contribution in [2.24, 2.45) is 11.8 Å². The zero-order chi connectivity index (χ0) is 48.8. The molecule has 0 bridgehead atoms. The van der Waals surface area contributed by atoms with Crippen LogP contribution in [0.4, 0.5) is 0 Å². The molecular weight excluding hydrogens is 862 g/mol. The van der Waals surface area contributed by atoms with Gasteiger partial charge in [-0.15, -0.1) is 0 Å². The number of aliphatic hydroxyl groups excluding tert-OH is 3. The molecule has 1 fully saturated rings. The number of unbranched alkanes of at least 4 members (excludes halogenated alkanes) is 14. The Balaban J connectivity index is 1.71. The van der Waals surface area contributed by atoms with Crippen LogP contribution in [-0.4, -0.2) is 109 Å². The number of aliphatic hydroxyl groups is 3. The van der Waals surface area contributed by atoms with Gasteiger partial charge in [0.15, 0.2) is 6.10 Å². The second-order valence-corrected chi connectivity index (χ2v) is 21.2. The number of carbonyl (C=O) groups excluding carboxylic acids is 2. The van der Waals surface area contributed by atoms with Gasteiger partial charge in [0, 0.05) is 38.0 Å². The molecule has 1 aliphatic rings. The number of phosphoric acid groups is 1. The number of ether oxygens (including phenoxy) is 2. The number of carbonyl (C=O) groups is 2. The molecule has 0 saturated heterocycles. The first-order valence-electron chi connectivity index (χ1n) is 25.7. The first kappa shape index (κ1) is 59.8. The molecule has 1 aliphatic carbocycles. The average Bonchev–Trinajstić information content (AvgIpc) is 3.68. The summed E-state index contributed by atoms with van der Waals surface area (Å²) in [4.78, 5) is 35.8. The number of likely N-dealkylation sites (N-methyl/N-ethyl adjacent to an activating group) is 1.